The average molecular weight is 539 g/mol. The minimum absolute atomic E-state index is 0.0838. The maximum Gasteiger partial charge on any atom is 0.419 e. The van der Waals surface area contributed by atoms with Crippen LogP contribution >= 0.6 is 0 Å². The summed E-state index contributed by atoms with van der Waals surface area (Å²) in [6.45, 7) is 7.52. The number of aromatic nitrogens is 3. The van der Waals surface area contributed by atoms with Crippen LogP contribution in [-0.4, -0.2) is 39.0 Å². The van der Waals surface area contributed by atoms with E-state index < -0.39 is 23.5 Å². The number of halogens is 6. The molecule has 1 aromatic carbocycles. The van der Waals surface area contributed by atoms with Crippen molar-refractivity contribution >= 4 is 17.3 Å². The fourth-order valence-electron chi connectivity index (χ4n) is 4.43. The molecule has 1 N–H and O–H groups in total. The first-order chi connectivity index (χ1) is 17.9. The smallest absolute Gasteiger partial charge is 0.350 e. The van der Waals surface area contributed by atoms with E-state index in [0.717, 1.165) is 24.7 Å². The molecule has 1 aliphatic heterocycles. The lowest BCUT2D eigenvalue weighted by atomic mass is 10.0. The van der Waals surface area contributed by atoms with Gasteiger partial charge >= 0.3 is 12.4 Å². The number of anilines is 3. The Kier molecular flexibility index (Phi) is 7.82. The highest BCUT2D eigenvalue weighted by Crippen LogP contribution is 2.37. The maximum atomic E-state index is 13.7. The fourth-order valence-corrected chi connectivity index (χ4v) is 4.43. The molecule has 6 nitrogen and oxygen atoms in total. The summed E-state index contributed by atoms with van der Waals surface area (Å²) in [7, 11) is 0. The second-order valence-corrected chi connectivity index (χ2v) is 9.31. The van der Waals surface area contributed by atoms with Gasteiger partial charge in [0.1, 0.15) is 17.5 Å². The van der Waals surface area contributed by atoms with Gasteiger partial charge in [0.15, 0.2) is 0 Å². The molecule has 3 heterocycles. The molecule has 0 radical (unpaired) electrons. The number of benzene rings is 1. The van der Waals surface area contributed by atoms with Gasteiger partial charge in [-0.3, -0.25) is 4.90 Å². The number of hydrogen-bond acceptors (Lipinski definition) is 6. The highest BCUT2D eigenvalue weighted by Gasteiger charge is 2.37. The number of nitrogens with zero attached hydrogens (tertiary/aromatic N) is 5. The lowest BCUT2D eigenvalue weighted by Crippen LogP contribution is -2.35. The molecular weight excluding hydrogens is 510 g/mol. The van der Waals surface area contributed by atoms with E-state index in [-0.39, 0.29) is 24.9 Å². The molecule has 0 atom stereocenters. The second kappa shape index (κ2) is 10.8. The zero-order chi connectivity index (χ0) is 27.7. The van der Waals surface area contributed by atoms with Crippen LogP contribution in [-0.2, 0) is 31.9 Å². The Morgan fingerprint density at radius 1 is 1.00 bits per heavy atom. The normalized spacial score (nSPS) is 14.2. The molecule has 0 aliphatic carbocycles. The van der Waals surface area contributed by atoms with Gasteiger partial charge in [-0.25, -0.2) is 15.0 Å². The van der Waals surface area contributed by atoms with Gasteiger partial charge in [0.2, 0.25) is 0 Å². The molecule has 0 bridgehead atoms. The summed E-state index contributed by atoms with van der Waals surface area (Å²) in [5.74, 6) is 0.731. The van der Waals surface area contributed by atoms with E-state index in [4.69, 9.17) is 4.98 Å². The number of hydrogen-bond donors (Lipinski definition) is 1. The molecule has 0 spiro atoms. The van der Waals surface area contributed by atoms with Gasteiger partial charge in [0.25, 0.3) is 0 Å². The van der Waals surface area contributed by atoms with Crippen LogP contribution < -0.4 is 10.2 Å². The van der Waals surface area contributed by atoms with Gasteiger partial charge < -0.3 is 10.2 Å². The Balaban J connectivity index is 1.71. The van der Waals surface area contributed by atoms with Crippen molar-refractivity contribution in [2.24, 2.45) is 0 Å². The monoisotopic (exact) mass is 538 g/mol. The first-order valence-corrected chi connectivity index (χ1v) is 12.2. The molecule has 4 rings (SSSR count). The highest BCUT2D eigenvalue weighted by molar-refractivity contribution is 5.62. The third kappa shape index (κ3) is 6.17. The standard InChI is InChI=1S/C26H28F6N6/c1-4-37(16(2)3)15-22-35-21-14-38(24-20(26(30,31)32)6-5-12-33-24)13-11-19(21)23(36-22)34-18-9-7-17(8-10-18)25(27,28)29/h5-10,12,16H,4,11,13-15H2,1-3H3,(H,34,35,36). The molecule has 0 saturated heterocycles. The number of nitrogens with one attached hydrogen (secondary N) is 1. The van der Waals surface area contributed by atoms with E-state index in [0.29, 0.717) is 41.6 Å². The quantitative estimate of drug-likeness (QED) is 0.349. The van der Waals surface area contributed by atoms with Crippen molar-refractivity contribution in [1.29, 1.82) is 0 Å². The number of alkyl halides is 6. The summed E-state index contributed by atoms with van der Waals surface area (Å²) in [6, 6.07) is 7.06. The van der Waals surface area contributed by atoms with Gasteiger partial charge in [0.05, 0.1) is 29.9 Å². The predicted octanol–water partition coefficient (Wildman–Crippen LogP) is 6.45. The van der Waals surface area contributed by atoms with Crippen molar-refractivity contribution in [3.05, 3.63) is 70.8 Å². The first-order valence-electron chi connectivity index (χ1n) is 12.2. The predicted molar refractivity (Wildman–Crippen MR) is 132 cm³/mol. The Morgan fingerprint density at radius 2 is 1.71 bits per heavy atom. The van der Waals surface area contributed by atoms with E-state index in [1.54, 1.807) is 4.90 Å². The second-order valence-electron chi connectivity index (χ2n) is 9.31. The molecule has 3 aromatic rings. The molecule has 0 saturated carbocycles. The molecule has 38 heavy (non-hydrogen) atoms. The van der Waals surface area contributed by atoms with Crippen molar-refractivity contribution in [2.75, 3.05) is 23.3 Å². The van der Waals surface area contributed by atoms with Crippen molar-refractivity contribution in [2.45, 2.75) is 58.7 Å². The Labute approximate surface area is 216 Å². The highest BCUT2D eigenvalue weighted by atomic mass is 19.4. The van der Waals surface area contributed by atoms with Gasteiger partial charge in [-0.2, -0.15) is 26.3 Å². The van der Waals surface area contributed by atoms with Crippen molar-refractivity contribution in [3.8, 4) is 0 Å². The van der Waals surface area contributed by atoms with Crippen LogP contribution in [0.25, 0.3) is 0 Å². The van der Waals surface area contributed by atoms with Gasteiger partial charge in [-0.1, -0.05) is 6.92 Å². The van der Waals surface area contributed by atoms with Gasteiger partial charge in [0, 0.05) is 30.0 Å². The summed E-state index contributed by atoms with van der Waals surface area (Å²) in [6.07, 6.45) is -7.36. The SMILES string of the molecule is CCN(Cc1nc2c(c(Nc3ccc(C(F)(F)F)cc3)n1)CCN(c1ncccc1C(F)(F)F)C2)C(C)C. The zero-order valence-corrected chi connectivity index (χ0v) is 21.2. The topological polar surface area (TPSA) is 57.2 Å². The fraction of sp³-hybridized carbons (Fsp3) is 0.423. The van der Waals surface area contributed by atoms with E-state index in [2.05, 4.69) is 20.2 Å². The number of rotatable bonds is 7. The van der Waals surface area contributed by atoms with Crippen LogP contribution in [0.2, 0.25) is 0 Å². The third-order valence-corrected chi connectivity index (χ3v) is 6.46. The van der Waals surface area contributed by atoms with Crippen molar-refractivity contribution in [1.82, 2.24) is 19.9 Å². The molecule has 0 amide bonds. The van der Waals surface area contributed by atoms with Crippen LogP contribution in [0.3, 0.4) is 0 Å². The zero-order valence-electron chi connectivity index (χ0n) is 21.2. The molecule has 2 aromatic heterocycles. The largest absolute Gasteiger partial charge is 0.419 e. The Bertz CT molecular complexity index is 1260. The van der Waals surface area contributed by atoms with Crippen molar-refractivity contribution < 1.29 is 26.3 Å². The minimum Gasteiger partial charge on any atom is -0.350 e. The Morgan fingerprint density at radius 3 is 2.32 bits per heavy atom. The minimum atomic E-state index is -4.56. The maximum absolute atomic E-state index is 13.7. The molecule has 12 heteroatoms. The summed E-state index contributed by atoms with van der Waals surface area (Å²) in [5, 5.41) is 3.11. The van der Waals surface area contributed by atoms with Crippen LogP contribution in [0.4, 0.5) is 43.7 Å². The van der Waals surface area contributed by atoms with Crippen LogP contribution in [0, 0.1) is 0 Å². The van der Waals surface area contributed by atoms with E-state index in [9.17, 15) is 26.3 Å². The lowest BCUT2D eigenvalue weighted by Gasteiger charge is -2.32. The Hall–Kier alpha value is -3.41. The number of fused-ring (bicyclic) bond motifs is 1. The summed E-state index contributed by atoms with van der Waals surface area (Å²) in [5.41, 5.74) is 0.0806. The number of pyridine rings is 1. The summed E-state index contributed by atoms with van der Waals surface area (Å²) in [4.78, 5) is 17.1. The van der Waals surface area contributed by atoms with E-state index in [1.165, 1.54) is 24.4 Å². The average Bonchev–Trinajstić information content (AvgIpc) is 2.86. The van der Waals surface area contributed by atoms with Crippen LogP contribution in [0.15, 0.2) is 42.6 Å². The lowest BCUT2D eigenvalue weighted by molar-refractivity contribution is -0.138. The molecule has 0 fully saturated rings. The molecule has 204 valence electrons. The van der Waals surface area contributed by atoms with E-state index >= 15 is 0 Å². The molecule has 1 aliphatic rings. The van der Waals surface area contributed by atoms with Crippen LogP contribution in [0.5, 0.6) is 0 Å². The van der Waals surface area contributed by atoms with E-state index in [1.807, 2.05) is 20.8 Å². The van der Waals surface area contributed by atoms with Crippen molar-refractivity contribution in [3.63, 3.8) is 0 Å². The van der Waals surface area contributed by atoms with Crippen LogP contribution in [0.1, 0.15) is 49.0 Å². The summed E-state index contributed by atoms with van der Waals surface area (Å²) >= 11 is 0. The van der Waals surface area contributed by atoms with Gasteiger partial charge in [-0.15, -0.1) is 0 Å². The molecular formula is C26H28F6N6. The summed E-state index contributed by atoms with van der Waals surface area (Å²) < 4.78 is 79.9. The van der Waals surface area contributed by atoms with Gasteiger partial charge in [-0.05, 0) is 63.2 Å². The molecule has 0 unspecified atom stereocenters. The first kappa shape index (κ1) is 27.6. The third-order valence-electron chi connectivity index (χ3n) is 6.46.